The number of hydrogen-bond donors (Lipinski definition) is 1. The number of likely N-dealkylation sites (tertiary alicyclic amines) is 1. The summed E-state index contributed by atoms with van der Waals surface area (Å²) in [6.07, 6.45) is 2.81. The molecule has 0 spiro atoms. The van der Waals surface area contributed by atoms with Gasteiger partial charge in [-0.15, -0.1) is 0 Å². The maximum Gasteiger partial charge on any atom is 0.222 e. The highest BCUT2D eigenvalue weighted by Crippen LogP contribution is 2.13. The van der Waals surface area contributed by atoms with E-state index in [0.717, 1.165) is 25.9 Å². The molecule has 1 fully saturated rings. The lowest BCUT2D eigenvalue weighted by Gasteiger charge is -2.31. The van der Waals surface area contributed by atoms with Gasteiger partial charge in [-0.25, -0.2) is 0 Å². The second-order valence-electron chi connectivity index (χ2n) is 5.68. The van der Waals surface area contributed by atoms with Crippen LogP contribution in [0.25, 0.3) is 0 Å². The topological polar surface area (TPSA) is 58.6 Å². The van der Waals surface area contributed by atoms with Crippen LogP contribution >= 0.6 is 0 Å². The van der Waals surface area contributed by atoms with Crippen molar-refractivity contribution in [1.82, 2.24) is 10.2 Å². The van der Waals surface area contributed by atoms with Crippen LogP contribution in [0, 0.1) is 5.92 Å². The highest BCUT2D eigenvalue weighted by molar-refractivity contribution is 5.80. The zero-order valence-electron chi connectivity index (χ0n) is 13.0. The van der Waals surface area contributed by atoms with Crippen molar-refractivity contribution in [3.8, 4) is 0 Å². The number of amides is 1. The molecule has 1 aliphatic heterocycles. The molecule has 1 amide bonds. The lowest BCUT2D eigenvalue weighted by Crippen LogP contribution is -2.40. The van der Waals surface area contributed by atoms with Crippen LogP contribution in [0.2, 0.25) is 0 Å². The fourth-order valence-electron chi connectivity index (χ4n) is 2.20. The van der Waals surface area contributed by atoms with Crippen molar-refractivity contribution in [3.63, 3.8) is 0 Å². The van der Waals surface area contributed by atoms with Crippen molar-refractivity contribution in [3.05, 3.63) is 0 Å². The third kappa shape index (κ3) is 6.48. The van der Waals surface area contributed by atoms with Crippen LogP contribution in [0.1, 0.15) is 41.5 Å². The number of nitrogens with zero attached hydrogens (tertiary/aromatic N) is 1. The molecule has 1 N–H and O–H groups in total. The molecule has 5 heteroatoms. The zero-order chi connectivity index (χ0) is 15.0. The molecule has 0 saturated carbocycles. The first-order chi connectivity index (χ1) is 9.52. The van der Waals surface area contributed by atoms with Crippen molar-refractivity contribution in [2.45, 2.75) is 46.1 Å². The molecule has 1 aliphatic rings. The molecule has 1 rings (SSSR count). The highest BCUT2D eigenvalue weighted by atomic mass is 16.5. The Kier molecular flexibility index (Phi) is 7.77. The summed E-state index contributed by atoms with van der Waals surface area (Å²) in [7, 11) is 0. The standard InChI is InChI=1S/C15H28N2O3.H2/c1-4-13(18)11-17-8-5-14(6-9-17)20-10-7-16-15(19)12(2)3;/h12,14H,4-11H2,1-3H3,(H,16,19);1H. The fraction of sp³-hybridized carbons (Fsp3) is 0.867. The molecule has 118 valence electrons. The molecule has 0 aromatic heterocycles. The summed E-state index contributed by atoms with van der Waals surface area (Å²) < 4.78 is 5.77. The van der Waals surface area contributed by atoms with Crippen LogP contribution in [0.5, 0.6) is 0 Å². The summed E-state index contributed by atoms with van der Waals surface area (Å²) in [6.45, 7) is 9.23. The van der Waals surface area contributed by atoms with E-state index in [-0.39, 0.29) is 19.4 Å². The van der Waals surface area contributed by atoms with E-state index in [1.807, 2.05) is 20.8 Å². The minimum Gasteiger partial charge on any atom is -0.376 e. The maximum absolute atomic E-state index is 11.4. The number of nitrogens with one attached hydrogen (secondary N) is 1. The molecule has 1 heterocycles. The summed E-state index contributed by atoms with van der Waals surface area (Å²) in [5.74, 6) is 0.400. The van der Waals surface area contributed by atoms with Crippen LogP contribution in [0.4, 0.5) is 0 Å². The first-order valence-corrected chi connectivity index (χ1v) is 7.66. The van der Waals surface area contributed by atoms with Gasteiger partial charge in [0.15, 0.2) is 0 Å². The molecule has 20 heavy (non-hydrogen) atoms. The van der Waals surface area contributed by atoms with Crippen LogP contribution < -0.4 is 5.32 Å². The molecule has 0 bridgehead atoms. The normalized spacial score (nSPS) is 17.4. The van der Waals surface area contributed by atoms with Crippen molar-refractivity contribution in [1.29, 1.82) is 0 Å². The van der Waals surface area contributed by atoms with E-state index in [1.165, 1.54) is 0 Å². The molecule has 0 aliphatic carbocycles. The Morgan fingerprint density at radius 1 is 1.35 bits per heavy atom. The molecule has 0 atom stereocenters. The zero-order valence-corrected chi connectivity index (χ0v) is 13.0. The van der Waals surface area contributed by atoms with E-state index in [0.29, 0.717) is 31.9 Å². The Balaban J connectivity index is 0.00000400. The highest BCUT2D eigenvalue weighted by Gasteiger charge is 2.20. The predicted octanol–water partition coefficient (Wildman–Crippen LogP) is 1.46. The van der Waals surface area contributed by atoms with Gasteiger partial charge in [0, 0.05) is 33.4 Å². The number of Topliss-reactive ketones (excluding diaryl/α,β-unsaturated/α-hetero) is 1. The van der Waals surface area contributed by atoms with E-state index in [1.54, 1.807) is 0 Å². The summed E-state index contributed by atoms with van der Waals surface area (Å²) in [5, 5.41) is 2.85. The Morgan fingerprint density at radius 2 is 2.00 bits per heavy atom. The molecule has 0 radical (unpaired) electrons. The first kappa shape index (κ1) is 17.1. The van der Waals surface area contributed by atoms with Gasteiger partial charge in [0.2, 0.25) is 5.91 Å². The number of hydrogen-bond acceptors (Lipinski definition) is 4. The van der Waals surface area contributed by atoms with Crippen LogP contribution in [0.15, 0.2) is 0 Å². The third-order valence-corrected chi connectivity index (χ3v) is 3.61. The van der Waals surface area contributed by atoms with Gasteiger partial charge in [0.05, 0.1) is 19.3 Å². The van der Waals surface area contributed by atoms with Gasteiger partial charge in [-0.05, 0) is 12.8 Å². The first-order valence-electron chi connectivity index (χ1n) is 7.66. The van der Waals surface area contributed by atoms with Gasteiger partial charge < -0.3 is 10.1 Å². The summed E-state index contributed by atoms with van der Waals surface area (Å²) in [6, 6.07) is 0. The Hall–Kier alpha value is -0.940. The van der Waals surface area contributed by atoms with Crippen LogP contribution in [0.3, 0.4) is 0 Å². The number of carbonyl (C=O) groups is 2. The molecule has 1 saturated heterocycles. The van der Waals surface area contributed by atoms with Crippen molar-refractivity contribution in [2.75, 3.05) is 32.8 Å². The van der Waals surface area contributed by atoms with Crippen molar-refractivity contribution < 1.29 is 15.8 Å². The van der Waals surface area contributed by atoms with E-state index in [4.69, 9.17) is 4.74 Å². The Labute approximate surface area is 123 Å². The van der Waals surface area contributed by atoms with Crippen molar-refractivity contribution >= 4 is 11.7 Å². The second kappa shape index (κ2) is 9.08. The average molecular weight is 286 g/mol. The van der Waals surface area contributed by atoms with Gasteiger partial charge in [-0.3, -0.25) is 14.5 Å². The largest absolute Gasteiger partial charge is 0.376 e. The van der Waals surface area contributed by atoms with Crippen LogP contribution in [-0.4, -0.2) is 55.5 Å². The maximum atomic E-state index is 11.4. The van der Waals surface area contributed by atoms with Gasteiger partial charge in [0.25, 0.3) is 0 Å². The number of rotatable bonds is 8. The van der Waals surface area contributed by atoms with Gasteiger partial charge >= 0.3 is 0 Å². The van der Waals surface area contributed by atoms with Gasteiger partial charge in [0.1, 0.15) is 5.78 Å². The molecular weight excluding hydrogens is 256 g/mol. The number of ketones is 1. The SMILES string of the molecule is CCC(=O)CN1CCC(OCCNC(=O)C(C)C)CC1.[HH]. The lowest BCUT2D eigenvalue weighted by atomic mass is 10.1. The van der Waals surface area contributed by atoms with Gasteiger partial charge in [-0.1, -0.05) is 20.8 Å². The lowest BCUT2D eigenvalue weighted by molar-refractivity contribution is -0.124. The van der Waals surface area contributed by atoms with E-state index in [2.05, 4.69) is 10.2 Å². The molecule has 0 aromatic rings. The number of ether oxygens (including phenoxy) is 1. The number of carbonyl (C=O) groups excluding carboxylic acids is 2. The molecular formula is C15H30N2O3. The fourth-order valence-corrected chi connectivity index (χ4v) is 2.20. The summed E-state index contributed by atoms with van der Waals surface area (Å²) >= 11 is 0. The predicted molar refractivity (Wildman–Crippen MR) is 80.7 cm³/mol. The average Bonchev–Trinajstić information content (AvgIpc) is 2.44. The molecule has 0 aromatic carbocycles. The minimum atomic E-state index is 0. The quantitative estimate of drug-likeness (QED) is 0.686. The van der Waals surface area contributed by atoms with E-state index < -0.39 is 0 Å². The third-order valence-electron chi connectivity index (χ3n) is 3.61. The number of piperidine rings is 1. The van der Waals surface area contributed by atoms with Gasteiger partial charge in [-0.2, -0.15) is 0 Å². The van der Waals surface area contributed by atoms with E-state index >= 15 is 0 Å². The second-order valence-corrected chi connectivity index (χ2v) is 5.68. The van der Waals surface area contributed by atoms with E-state index in [9.17, 15) is 9.59 Å². The summed E-state index contributed by atoms with van der Waals surface area (Å²) in [4.78, 5) is 24.9. The molecule has 5 nitrogen and oxygen atoms in total. The smallest absolute Gasteiger partial charge is 0.222 e. The minimum absolute atomic E-state index is 0. The Bertz CT molecular complexity index is 316. The van der Waals surface area contributed by atoms with Crippen molar-refractivity contribution in [2.24, 2.45) is 5.92 Å². The van der Waals surface area contributed by atoms with Crippen LogP contribution in [-0.2, 0) is 14.3 Å². The monoisotopic (exact) mass is 286 g/mol. The molecule has 0 unspecified atom stereocenters. The Morgan fingerprint density at radius 3 is 2.55 bits per heavy atom. The summed E-state index contributed by atoms with van der Waals surface area (Å²) in [5.41, 5.74) is 0.